The van der Waals surface area contributed by atoms with E-state index < -0.39 is 5.54 Å². The van der Waals surface area contributed by atoms with Gasteiger partial charge in [-0.25, -0.2) is 0 Å². The van der Waals surface area contributed by atoms with E-state index in [0.717, 1.165) is 19.0 Å². The van der Waals surface area contributed by atoms with Crippen LogP contribution >= 0.6 is 0 Å². The van der Waals surface area contributed by atoms with Crippen molar-refractivity contribution in [2.45, 2.75) is 38.6 Å². The molecule has 4 heteroatoms. The van der Waals surface area contributed by atoms with Gasteiger partial charge >= 0.3 is 0 Å². The Hall–Kier alpha value is -0.610. The molecule has 0 spiro atoms. The maximum absolute atomic E-state index is 11.4. The van der Waals surface area contributed by atoms with Crippen LogP contribution in [0.4, 0.5) is 0 Å². The molecule has 0 aliphatic heterocycles. The molecular formula is C12H25N3O. The number of rotatable bonds is 7. The first-order valence-electron chi connectivity index (χ1n) is 6.21. The maximum atomic E-state index is 11.4. The van der Waals surface area contributed by atoms with Crippen LogP contribution in [0.15, 0.2) is 0 Å². The van der Waals surface area contributed by atoms with Crippen molar-refractivity contribution in [3.8, 4) is 0 Å². The zero-order valence-electron chi connectivity index (χ0n) is 10.8. The molecule has 0 bridgehead atoms. The van der Waals surface area contributed by atoms with Crippen molar-refractivity contribution in [1.82, 2.24) is 10.2 Å². The number of carbonyl (C=O) groups excluding carboxylic acids is 1. The highest BCUT2D eigenvalue weighted by Gasteiger charge is 2.32. The summed E-state index contributed by atoms with van der Waals surface area (Å²) in [5.74, 6) is 0.554. The zero-order chi connectivity index (χ0) is 12.2. The summed E-state index contributed by atoms with van der Waals surface area (Å²) in [6.45, 7) is 6.40. The van der Waals surface area contributed by atoms with E-state index in [9.17, 15) is 4.79 Å². The second kappa shape index (κ2) is 5.64. The Kier molecular flexibility index (Phi) is 4.74. The van der Waals surface area contributed by atoms with Gasteiger partial charge in [0, 0.05) is 13.1 Å². The average molecular weight is 227 g/mol. The first-order valence-corrected chi connectivity index (χ1v) is 6.21. The molecule has 0 aromatic carbocycles. The van der Waals surface area contributed by atoms with Crippen molar-refractivity contribution in [2.75, 3.05) is 26.7 Å². The second-order valence-corrected chi connectivity index (χ2v) is 5.22. The Morgan fingerprint density at radius 1 is 1.56 bits per heavy atom. The molecule has 1 rings (SSSR count). The Labute approximate surface area is 98.6 Å². The average Bonchev–Trinajstić information content (AvgIpc) is 2.11. The van der Waals surface area contributed by atoms with Gasteiger partial charge in [-0.3, -0.25) is 4.79 Å². The largest absolute Gasteiger partial charge is 0.368 e. The molecule has 0 radical (unpaired) electrons. The third kappa shape index (κ3) is 3.46. The third-order valence-electron chi connectivity index (χ3n) is 3.49. The summed E-state index contributed by atoms with van der Waals surface area (Å²) in [5, 5.41) is 3.18. The maximum Gasteiger partial charge on any atom is 0.238 e. The van der Waals surface area contributed by atoms with Crippen LogP contribution in [-0.4, -0.2) is 43.0 Å². The third-order valence-corrected chi connectivity index (χ3v) is 3.49. The first-order chi connectivity index (χ1) is 7.48. The molecule has 3 N–H and O–H groups in total. The van der Waals surface area contributed by atoms with Crippen molar-refractivity contribution >= 4 is 5.91 Å². The van der Waals surface area contributed by atoms with Crippen LogP contribution in [0.5, 0.6) is 0 Å². The van der Waals surface area contributed by atoms with Crippen molar-refractivity contribution in [1.29, 1.82) is 0 Å². The van der Waals surface area contributed by atoms with E-state index in [0.29, 0.717) is 6.54 Å². The smallest absolute Gasteiger partial charge is 0.238 e. The van der Waals surface area contributed by atoms with E-state index in [1.165, 1.54) is 19.3 Å². The van der Waals surface area contributed by atoms with Gasteiger partial charge in [0.25, 0.3) is 0 Å². The summed E-state index contributed by atoms with van der Waals surface area (Å²) in [5.41, 5.74) is 4.85. The fourth-order valence-corrected chi connectivity index (χ4v) is 2.33. The normalized spacial score (nSPS) is 20.5. The number of carbonyl (C=O) groups is 1. The lowest BCUT2D eigenvalue weighted by atomic mass is 9.85. The molecule has 1 unspecified atom stereocenters. The highest BCUT2D eigenvalue weighted by molar-refractivity contribution is 5.84. The molecule has 0 heterocycles. The summed E-state index contributed by atoms with van der Waals surface area (Å²) in [7, 11) is 2.07. The first kappa shape index (κ1) is 13.5. The van der Waals surface area contributed by atoms with Crippen LogP contribution in [-0.2, 0) is 4.79 Å². The number of amides is 1. The predicted octanol–water partition coefficient (Wildman–Crippen LogP) is 0.572. The summed E-state index contributed by atoms with van der Waals surface area (Å²) in [4.78, 5) is 13.7. The number of nitrogens with zero attached hydrogens (tertiary/aromatic N) is 1. The van der Waals surface area contributed by atoms with E-state index in [2.05, 4.69) is 17.3 Å². The highest BCUT2D eigenvalue weighted by atomic mass is 16.1. The molecule has 1 amide bonds. The molecule has 94 valence electrons. The van der Waals surface area contributed by atoms with Crippen LogP contribution in [0.1, 0.15) is 33.1 Å². The minimum atomic E-state index is -0.604. The summed E-state index contributed by atoms with van der Waals surface area (Å²) < 4.78 is 0. The van der Waals surface area contributed by atoms with Crippen LogP contribution in [0.25, 0.3) is 0 Å². The topological polar surface area (TPSA) is 58.4 Å². The molecule has 1 fully saturated rings. The van der Waals surface area contributed by atoms with Crippen LogP contribution in [0.2, 0.25) is 0 Å². The van der Waals surface area contributed by atoms with E-state index in [4.69, 9.17) is 5.73 Å². The van der Waals surface area contributed by atoms with E-state index in [1.54, 1.807) is 0 Å². The SMILES string of the molecule is CCNC(C)(CN(C)CC1CCC1)C(N)=O. The molecule has 16 heavy (non-hydrogen) atoms. The van der Waals surface area contributed by atoms with Gasteiger partial charge in [0.05, 0.1) is 0 Å². The van der Waals surface area contributed by atoms with Gasteiger partial charge < -0.3 is 16.0 Å². The van der Waals surface area contributed by atoms with Crippen LogP contribution in [0, 0.1) is 5.92 Å². The van der Waals surface area contributed by atoms with E-state index >= 15 is 0 Å². The van der Waals surface area contributed by atoms with Crippen LogP contribution in [0.3, 0.4) is 0 Å². The Morgan fingerprint density at radius 3 is 2.56 bits per heavy atom. The lowest BCUT2D eigenvalue weighted by Gasteiger charge is -2.35. The van der Waals surface area contributed by atoms with E-state index in [-0.39, 0.29) is 5.91 Å². The van der Waals surface area contributed by atoms with Gasteiger partial charge in [0.1, 0.15) is 5.54 Å². The summed E-state index contributed by atoms with van der Waals surface area (Å²) in [6, 6.07) is 0. The zero-order valence-corrected chi connectivity index (χ0v) is 10.8. The van der Waals surface area contributed by atoms with Crippen molar-refractivity contribution in [3.63, 3.8) is 0 Å². The van der Waals surface area contributed by atoms with Crippen LogP contribution < -0.4 is 11.1 Å². The molecule has 4 nitrogen and oxygen atoms in total. The van der Waals surface area contributed by atoms with Crippen molar-refractivity contribution < 1.29 is 4.79 Å². The minimum Gasteiger partial charge on any atom is -0.368 e. The monoisotopic (exact) mass is 227 g/mol. The van der Waals surface area contributed by atoms with Gasteiger partial charge in [0.15, 0.2) is 0 Å². The number of hydrogen-bond donors (Lipinski definition) is 2. The molecule has 1 saturated carbocycles. The standard InChI is InChI=1S/C12H25N3O/c1-4-14-12(2,11(13)16)9-15(3)8-10-6-5-7-10/h10,14H,4-9H2,1-3H3,(H2,13,16). The van der Waals surface area contributed by atoms with Gasteiger partial charge in [0.2, 0.25) is 5.91 Å². The minimum absolute atomic E-state index is 0.269. The molecule has 1 aliphatic rings. The molecule has 0 aromatic rings. The lowest BCUT2D eigenvalue weighted by molar-refractivity contribution is -0.124. The Bertz CT molecular complexity index is 240. The highest BCUT2D eigenvalue weighted by Crippen LogP contribution is 2.27. The number of likely N-dealkylation sites (N-methyl/N-ethyl adjacent to an activating group) is 2. The molecule has 0 aromatic heterocycles. The number of nitrogens with two attached hydrogens (primary N) is 1. The Balaban J connectivity index is 2.43. The molecule has 1 atom stereocenters. The fraction of sp³-hybridized carbons (Fsp3) is 0.917. The van der Waals surface area contributed by atoms with Crippen molar-refractivity contribution in [2.24, 2.45) is 11.7 Å². The predicted molar refractivity (Wildman–Crippen MR) is 66.1 cm³/mol. The van der Waals surface area contributed by atoms with Gasteiger partial charge in [-0.15, -0.1) is 0 Å². The van der Waals surface area contributed by atoms with Gasteiger partial charge in [-0.2, -0.15) is 0 Å². The second-order valence-electron chi connectivity index (χ2n) is 5.22. The van der Waals surface area contributed by atoms with Crippen molar-refractivity contribution in [3.05, 3.63) is 0 Å². The lowest BCUT2D eigenvalue weighted by Crippen LogP contribution is -2.59. The quantitative estimate of drug-likeness (QED) is 0.668. The Morgan fingerprint density at radius 2 is 2.19 bits per heavy atom. The van der Waals surface area contributed by atoms with E-state index in [1.807, 2.05) is 13.8 Å². The summed E-state index contributed by atoms with van der Waals surface area (Å²) >= 11 is 0. The fourth-order valence-electron chi connectivity index (χ4n) is 2.33. The number of hydrogen-bond acceptors (Lipinski definition) is 3. The molecule has 1 aliphatic carbocycles. The molecular weight excluding hydrogens is 202 g/mol. The molecule has 0 saturated heterocycles. The van der Waals surface area contributed by atoms with Gasteiger partial charge in [-0.05, 0) is 39.3 Å². The number of primary amides is 1. The van der Waals surface area contributed by atoms with Gasteiger partial charge in [-0.1, -0.05) is 13.3 Å². The summed E-state index contributed by atoms with van der Waals surface area (Å²) in [6.07, 6.45) is 4.02. The number of nitrogens with one attached hydrogen (secondary N) is 1.